The number of hydrogen-bond donors (Lipinski definition) is 2. The van der Waals surface area contributed by atoms with E-state index in [1.807, 2.05) is 0 Å². The zero-order chi connectivity index (χ0) is 13.4. The van der Waals surface area contributed by atoms with Crippen molar-refractivity contribution >= 4 is 33.0 Å². The molecule has 3 N–H and O–H groups in total. The molecule has 0 aliphatic heterocycles. The third-order valence-electron chi connectivity index (χ3n) is 2.37. The first-order chi connectivity index (χ1) is 9.13. The topological polar surface area (TPSA) is 89.7 Å². The molecule has 0 bridgehead atoms. The second kappa shape index (κ2) is 4.47. The van der Waals surface area contributed by atoms with Crippen LogP contribution >= 0.6 is 15.9 Å². The van der Waals surface area contributed by atoms with Crippen LogP contribution in [0.25, 0.3) is 11.2 Å². The molecule has 0 aliphatic carbocycles. The molecule has 0 saturated carbocycles. The number of anilines is 1. The Balaban J connectivity index is 2.07. The van der Waals surface area contributed by atoms with Gasteiger partial charge in [-0.1, -0.05) is 15.9 Å². The summed E-state index contributed by atoms with van der Waals surface area (Å²) in [6.07, 6.45) is 1.43. The Hall–Kier alpha value is -2.22. The quantitative estimate of drug-likeness (QED) is 0.756. The molecule has 6 nitrogen and oxygen atoms in total. The number of nitrogens with zero attached hydrogens (tertiary/aromatic N) is 3. The van der Waals surface area contributed by atoms with Gasteiger partial charge in [-0.25, -0.2) is 9.37 Å². The van der Waals surface area contributed by atoms with Crippen LogP contribution in [0.3, 0.4) is 0 Å². The van der Waals surface area contributed by atoms with Crippen LogP contribution in [0, 0.1) is 5.82 Å². The standard InChI is InChI=1S/C11H7BrFN5O/c12-5-1-2-7(6(13)3-5)19-10-8-9(16-4-15-8)17-11(14)18-10/h1-4H,(H3,14,15,16,17,18). The van der Waals surface area contributed by atoms with E-state index in [0.29, 0.717) is 15.6 Å². The molecular weight excluding hydrogens is 317 g/mol. The minimum absolute atomic E-state index is 0.00659. The predicted octanol–water partition coefficient (Wildman–Crippen LogP) is 2.63. The number of aromatic nitrogens is 4. The first-order valence-electron chi connectivity index (χ1n) is 5.23. The molecule has 3 aromatic rings. The molecule has 2 aromatic heterocycles. The molecule has 0 radical (unpaired) electrons. The Labute approximate surface area is 115 Å². The fourth-order valence-corrected chi connectivity index (χ4v) is 1.89. The summed E-state index contributed by atoms with van der Waals surface area (Å²) >= 11 is 3.17. The lowest BCUT2D eigenvalue weighted by Crippen LogP contribution is -1.99. The average molecular weight is 324 g/mol. The van der Waals surface area contributed by atoms with Gasteiger partial charge in [-0.2, -0.15) is 9.97 Å². The van der Waals surface area contributed by atoms with E-state index in [4.69, 9.17) is 10.5 Å². The van der Waals surface area contributed by atoms with Gasteiger partial charge >= 0.3 is 0 Å². The highest BCUT2D eigenvalue weighted by molar-refractivity contribution is 9.10. The zero-order valence-electron chi connectivity index (χ0n) is 9.39. The smallest absolute Gasteiger partial charge is 0.250 e. The summed E-state index contributed by atoms with van der Waals surface area (Å²) in [4.78, 5) is 14.6. The first kappa shape index (κ1) is 11.8. The molecular formula is C11H7BrFN5O. The number of ether oxygens (including phenoxy) is 1. The second-order valence-corrected chi connectivity index (χ2v) is 4.58. The SMILES string of the molecule is Nc1nc(Oc2ccc(Br)cc2F)c2[nH]cnc2n1. The van der Waals surface area contributed by atoms with Crippen LogP contribution in [0.5, 0.6) is 11.6 Å². The zero-order valence-corrected chi connectivity index (χ0v) is 11.0. The van der Waals surface area contributed by atoms with Gasteiger partial charge in [-0.3, -0.25) is 0 Å². The van der Waals surface area contributed by atoms with E-state index in [-0.39, 0.29) is 17.6 Å². The summed E-state index contributed by atoms with van der Waals surface area (Å²) in [5, 5.41) is 0. The van der Waals surface area contributed by atoms with Gasteiger partial charge in [0.1, 0.15) is 5.52 Å². The van der Waals surface area contributed by atoms with Crippen molar-refractivity contribution < 1.29 is 9.13 Å². The Bertz CT molecular complexity index is 760. The van der Waals surface area contributed by atoms with Crippen molar-refractivity contribution in [2.24, 2.45) is 0 Å². The van der Waals surface area contributed by atoms with Gasteiger partial charge in [0.05, 0.1) is 6.33 Å². The van der Waals surface area contributed by atoms with Crippen molar-refractivity contribution in [2.45, 2.75) is 0 Å². The summed E-state index contributed by atoms with van der Waals surface area (Å²) in [6.45, 7) is 0. The van der Waals surface area contributed by atoms with Crippen molar-refractivity contribution in [1.82, 2.24) is 19.9 Å². The molecule has 1 aromatic carbocycles. The fraction of sp³-hybridized carbons (Fsp3) is 0. The maximum atomic E-state index is 13.7. The molecule has 8 heteroatoms. The number of aromatic amines is 1. The van der Waals surface area contributed by atoms with Gasteiger partial charge in [0, 0.05) is 4.47 Å². The van der Waals surface area contributed by atoms with Crippen LogP contribution in [0.2, 0.25) is 0 Å². The third-order valence-corrected chi connectivity index (χ3v) is 2.86. The van der Waals surface area contributed by atoms with Crippen LogP contribution in [0.4, 0.5) is 10.3 Å². The molecule has 0 unspecified atom stereocenters. The number of imidazole rings is 1. The molecule has 0 spiro atoms. The minimum Gasteiger partial charge on any atom is -0.434 e. The molecule has 0 fully saturated rings. The monoisotopic (exact) mass is 323 g/mol. The Kier molecular flexibility index (Phi) is 2.79. The molecule has 2 heterocycles. The van der Waals surface area contributed by atoms with Gasteiger partial charge in [0.2, 0.25) is 5.95 Å². The van der Waals surface area contributed by atoms with E-state index in [0.717, 1.165) is 0 Å². The number of rotatable bonds is 2. The maximum Gasteiger partial charge on any atom is 0.250 e. The molecule has 0 amide bonds. The number of hydrogen-bond acceptors (Lipinski definition) is 5. The lowest BCUT2D eigenvalue weighted by molar-refractivity contribution is 0.431. The Morgan fingerprint density at radius 3 is 2.95 bits per heavy atom. The van der Waals surface area contributed by atoms with E-state index >= 15 is 0 Å². The highest BCUT2D eigenvalue weighted by atomic mass is 79.9. The maximum absolute atomic E-state index is 13.7. The Morgan fingerprint density at radius 1 is 1.32 bits per heavy atom. The van der Waals surface area contributed by atoms with Gasteiger partial charge in [0.25, 0.3) is 5.88 Å². The van der Waals surface area contributed by atoms with Crippen molar-refractivity contribution in [2.75, 3.05) is 5.73 Å². The van der Waals surface area contributed by atoms with E-state index in [1.165, 1.54) is 18.5 Å². The summed E-state index contributed by atoms with van der Waals surface area (Å²) in [6, 6.07) is 4.44. The summed E-state index contributed by atoms with van der Waals surface area (Å²) in [5.41, 5.74) is 6.36. The summed E-state index contributed by atoms with van der Waals surface area (Å²) < 4.78 is 19.7. The predicted molar refractivity (Wildman–Crippen MR) is 70.3 cm³/mol. The normalized spacial score (nSPS) is 10.8. The van der Waals surface area contributed by atoms with E-state index in [9.17, 15) is 4.39 Å². The number of nitrogens with one attached hydrogen (secondary N) is 1. The van der Waals surface area contributed by atoms with Crippen LogP contribution in [0.15, 0.2) is 29.0 Å². The van der Waals surface area contributed by atoms with Crippen molar-refractivity contribution in [3.8, 4) is 11.6 Å². The van der Waals surface area contributed by atoms with E-state index in [2.05, 4.69) is 35.9 Å². The molecule has 0 saturated heterocycles. The average Bonchev–Trinajstić information content (AvgIpc) is 2.80. The van der Waals surface area contributed by atoms with Crippen molar-refractivity contribution in [3.63, 3.8) is 0 Å². The van der Waals surface area contributed by atoms with E-state index < -0.39 is 5.82 Å². The van der Waals surface area contributed by atoms with Gasteiger partial charge in [0.15, 0.2) is 17.2 Å². The highest BCUT2D eigenvalue weighted by Crippen LogP contribution is 2.29. The molecule has 0 aliphatic rings. The van der Waals surface area contributed by atoms with Crippen molar-refractivity contribution in [1.29, 1.82) is 0 Å². The van der Waals surface area contributed by atoms with Gasteiger partial charge in [-0.15, -0.1) is 0 Å². The summed E-state index contributed by atoms with van der Waals surface area (Å²) in [7, 11) is 0. The largest absolute Gasteiger partial charge is 0.434 e. The summed E-state index contributed by atoms with van der Waals surface area (Å²) in [5.74, 6) is -0.343. The molecule has 19 heavy (non-hydrogen) atoms. The highest BCUT2D eigenvalue weighted by Gasteiger charge is 2.13. The molecule has 0 atom stereocenters. The number of nitrogen functional groups attached to an aromatic ring is 1. The van der Waals surface area contributed by atoms with Gasteiger partial charge < -0.3 is 15.5 Å². The first-order valence-corrected chi connectivity index (χ1v) is 6.02. The van der Waals surface area contributed by atoms with Crippen LogP contribution < -0.4 is 10.5 Å². The van der Waals surface area contributed by atoms with Crippen LogP contribution in [0.1, 0.15) is 0 Å². The molecule has 96 valence electrons. The van der Waals surface area contributed by atoms with Crippen LogP contribution in [-0.2, 0) is 0 Å². The van der Waals surface area contributed by atoms with Crippen LogP contribution in [-0.4, -0.2) is 19.9 Å². The minimum atomic E-state index is -0.515. The van der Waals surface area contributed by atoms with Gasteiger partial charge in [-0.05, 0) is 18.2 Å². The lowest BCUT2D eigenvalue weighted by atomic mass is 10.3. The number of nitrogens with two attached hydrogens (primary N) is 1. The second-order valence-electron chi connectivity index (χ2n) is 3.66. The van der Waals surface area contributed by atoms with E-state index in [1.54, 1.807) is 6.07 Å². The number of halogens is 2. The van der Waals surface area contributed by atoms with Crippen molar-refractivity contribution in [3.05, 3.63) is 34.8 Å². The number of H-pyrrole nitrogens is 1. The fourth-order valence-electron chi connectivity index (χ4n) is 1.56. The number of fused-ring (bicyclic) bond motifs is 1. The number of benzene rings is 1. The molecule has 3 rings (SSSR count). The third kappa shape index (κ3) is 2.22. The lowest BCUT2D eigenvalue weighted by Gasteiger charge is -2.07. The Morgan fingerprint density at radius 2 is 2.16 bits per heavy atom.